The lowest BCUT2D eigenvalue weighted by atomic mass is 10.2. The first-order valence-corrected chi connectivity index (χ1v) is 11.0. The predicted molar refractivity (Wildman–Crippen MR) is 114 cm³/mol. The van der Waals surface area contributed by atoms with Gasteiger partial charge in [0.2, 0.25) is 5.13 Å². The fourth-order valence-electron chi connectivity index (χ4n) is 3.16. The third-order valence-electron chi connectivity index (χ3n) is 4.58. The van der Waals surface area contributed by atoms with Gasteiger partial charge in [0.1, 0.15) is 5.03 Å². The van der Waals surface area contributed by atoms with Gasteiger partial charge in [0.05, 0.1) is 11.6 Å². The summed E-state index contributed by atoms with van der Waals surface area (Å²) < 4.78 is 6.48. The zero-order chi connectivity index (χ0) is 19.5. The molecule has 7 nitrogen and oxygen atoms in total. The first-order chi connectivity index (χ1) is 14.3. The second kappa shape index (κ2) is 8.40. The largest absolute Gasteiger partial charge is 0.376 e. The van der Waals surface area contributed by atoms with Gasteiger partial charge in [-0.05, 0) is 42.8 Å². The summed E-state index contributed by atoms with van der Waals surface area (Å²) in [4.78, 5) is 13.7. The van der Waals surface area contributed by atoms with E-state index in [0.717, 1.165) is 57.0 Å². The normalized spacial score (nSPS) is 16.3. The minimum atomic E-state index is 0.267. The van der Waals surface area contributed by atoms with Gasteiger partial charge in [-0.3, -0.25) is 4.98 Å². The highest BCUT2D eigenvalue weighted by molar-refractivity contribution is 8.01. The summed E-state index contributed by atoms with van der Waals surface area (Å²) in [6, 6.07) is 11.8. The summed E-state index contributed by atoms with van der Waals surface area (Å²) in [5.74, 6) is 0.653. The molecular formula is C20H18N6OS2. The quantitative estimate of drug-likeness (QED) is 0.461. The summed E-state index contributed by atoms with van der Waals surface area (Å²) in [7, 11) is 0. The number of fused-ring (bicyclic) bond motifs is 1. The molecule has 1 saturated heterocycles. The van der Waals surface area contributed by atoms with Crippen molar-refractivity contribution in [3.8, 4) is 11.4 Å². The Kier molecular flexibility index (Phi) is 5.33. The van der Waals surface area contributed by atoms with Crippen molar-refractivity contribution in [1.82, 2.24) is 25.1 Å². The molecule has 5 rings (SSSR count). The summed E-state index contributed by atoms with van der Waals surface area (Å²) >= 11 is 3.03. The van der Waals surface area contributed by atoms with Gasteiger partial charge in [-0.15, -0.1) is 10.2 Å². The number of para-hydroxylation sites is 1. The first-order valence-electron chi connectivity index (χ1n) is 9.39. The highest BCUT2D eigenvalue weighted by Gasteiger charge is 2.17. The molecule has 0 amide bonds. The molecule has 0 aliphatic carbocycles. The van der Waals surface area contributed by atoms with Crippen LogP contribution >= 0.6 is 23.1 Å². The van der Waals surface area contributed by atoms with Gasteiger partial charge < -0.3 is 10.1 Å². The van der Waals surface area contributed by atoms with Crippen LogP contribution in [-0.2, 0) is 4.74 Å². The van der Waals surface area contributed by atoms with Crippen LogP contribution in [0.5, 0.6) is 0 Å². The molecule has 4 heterocycles. The van der Waals surface area contributed by atoms with Crippen LogP contribution < -0.4 is 5.32 Å². The Morgan fingerprint density at radius 1 is 1.14 bits per heavy atom. The van der Waals surface area contributed by atoms with E-state index < -0.39 is 0 Å². The van der Waals surface area contributed by atoms with E-state index in [1.54, 1.807) is 12.4 Å². The maximum atomic E-state index is 5.65. The van der Waals surface area contributed by atoms with Crippen LogP contribution in [0, 0.1) is 0 Å². The smallest absolute Gasteiger partial charge is 0.206 e. The average Bonchev–Trinajstić information content (AvgIpc) is 3.45. The zero-order valence-corrected chi connectivity index (χ0v) is 17.1. The highest BCUT2D eigenvalue weighted by atomic mass is 32.2. The van der Waals surface area contributed by atoms with E-state index in [2.05, 4.69) is 20.5 Å². The SMILES string of the molecule is c1cncc(-c2nc(Sc3nnc(NCC4CCCO4)s3)c3ccccc3n2)c1. The van der Waals surface area contributed by atoms with E-state index in [0.29, 0.717) is 5.82 Å². The average molecular weight is 423 g/mol. The standard InChI is InChI=1S/C20H18N6OS2/c1-2-8-16-15(7-1)18(24-17(23-16)13-5-3-9-21-11-13)28-20-26-25-19(29-20)22-12-14-6-4-10-27-14/h1-3,5,7-9,11,14H,4,6,10,12H2,(H,22,25). The Bertz CT molecular complexity index is 1110. The topological polar surface area (TPSA) is 85.7 Å². The van der Waals surface area contributed by atoms with E-state index in [1.165, 1.54) is 23.1 Å². The highest BCUT2D eigenvalue weighted by Crippen LogP contribution is 2.35. The minimum absolute atomic E-state index is 0.267. The minimum Gasteiger partial charge on any atom is -0.376 e. The summed E-state index contributed by atoms with van der Waals surface area (Å²) in [5, 5.41) is 14.6. The van der Waals surface area contributed by atoms with Crippen molar-refractivity contribution in [2.24, 2.45) is 0 Å². The van der Waals surface area contributed by atoms with E-state index >= 15 is 0 Å². The number of hydrogen-bond acceptors (Lipinski definition) is 9. The third kappa shape index (κ3) is 4.21. The Morgan fingerprint density at radius 3 is 2.97 bits per heavy atom. The lowest BCUT2D eigenvalue weighted by Crippen LogP contribution is -2.18. The molecule has 1 fully saturated rings. The van der Waals surface area contributed by atoms with Crippen molar-refractivity contribution in [1.29, 1.82) is 0 Å². The molecule has 1 atom stereocenters. The van der Waals surface area contributed by atoms with E-state index in [1.807, 2.05) is 36.4 Å². The molecule has 1 aliphatic heterocycles. The number of nitrogens with one attached hydrogen (secondary N) is 1. The number of anilines is 1. The Hall–Kier alpha value is -2.62. The third-order valence-corrected chi connectivity index (χ3v) is 6.52. The fraction of sp³-hybridized carbons (Fsp3) is 0.250. The van der Waals surface area contributed by atoms with Gasteiger partial charge in [0.25, 0.3) is 0 Å². The van der Waals surface area contributed by atoms with E-state index in [-0.39, 0.29) is 6.10 Å². The molecule has 1 unspecified atom stereocenters. The Balaban J connectivity index is 1.41. The van der Waals surface area contributed by atoms with Crippen molar-refractivity contribution < 1.29 is 4.74 Å². The molecule has 0 bridgehead atoms. The lowest BCUT2D eigenvalue weighted by Gasteiger charge is -2.08. The van der Waals surface area contributed by atoms with Crippen LogP contribution in [0.3, 0.4) is 0 Å². The molecular weight excluding hydrogens is 404 g/mol. The molecule has 1 aromatic carbocycles. The number of benzene rings is 1. The molecule has 146 valence electrons. The second-order valence-electron chi connectivity index (χ2n) is 6.60. The van der Waals surface area contributed by atoms with E-state index in [9.17, 15) is 0 Å². The fourth-order valence-corrected chi connectivity index (χ4v) is 4.95. The van der Waals surface area contributed by atoms with Gasteiger partial charge in [-0.2, -0.15) is 0 Å². The molecule has 1 aliphatic rings. The van der Waals surface area contributed by atoms with Gasteiger partial charge in [-0.1, -0.05) is 29.5 Å². The molecule has 4 aromatic rings. The summed E-state index contributed by atoms with van der Waals surface area (Å²) in [6.07, 6.45) is 6.01. The van der Waals surface area contributed by atoms with Crippen molar-refractivity contribution in [3.63, 3.8) is 0 Å². The zero-order valence-electron chi connectivity index (χ0n) is 15.5. The monoisotopic (exact) mass is 422 g/mol. The van der Waals surface area contributed by atoms with Crippen LogP contribution in [0.25, 0.3) is 22.3 Å². The summed E-state index contributed by atoms with van der Waals surface area (Å²) in [6.45, 7) is 1.62. The van der Waals surface area contributed by atoms with Crippen LogP contribution in [0.2, 0.25) is 0 Å². The maximum Gasteiger partial charge on any atom is 0.206 e. The van der Waals surface area contributed by atoms with Crippen LogP contribution in [0.1, 0.15) is 12.8 Å². The van der Waals surface area contributed by atoms with Gasteiger partial charge >= 0.3 is 0 Å². The van der Waals surface area contributed by atoms with Crippen LogP contribution in [0.4, 0.5) is 5.13 Å². The number of hydrogen-bond donors (Lipinski definition) is 1. The van der Waals surface area contributed by atoms with Gasteiger partial charge in [0, 0.05) is 36.5 Å². The molecule has 29 heavy (non-hydrogen) atoms. The van der Waals surface area contributed by atoms with E-state index in [4.69, 9.17) is 14.7 Å². The van der Waals surface area contributed by atoms with Crippen molar-refractivity contribution in [2.75, 3.05) is 18.5 Å². The maximum absolute atomic E-state index is 5.65. The molecule has 3 aromatic heterocycles. The molecule has 1 N–H and O–H groups in total. The lowest BCUT2D eigenvalue weighted by molar-refractivity contribution is 0.120. The van der Waals surface area contributed by atoms with Gasteiger partial charge in [-0.25, -0.2) is 9.97 Å². The van der Waals surface area contributed by atoms with Crippen LogP contribution in [-0.4, -0.2) is 44.4 Å². The van der Waals surface area contributed by atoms with Gasteiger partial charge in [0.15, 0.2) is 10.2 Å². The van der Waals surface area contributed by atoms with Crippen molar-refractivity contribution in [3.05, 3.63) is 48.8 Å². The molecule has 0 saturated carbocycles. The molecule has 9 heteroatoms. The number of aromatic nitrogens is 5. The van der Waals surface area contributed by atoms with Crippen molar-refractivity contribution in [2.45, 2.75) is 28.3 Å². The number of ether oxygens (including phenoxy) is 1. The Labute approximate surface area is 176 Å². The van der Waals surface area contributed by atoms with Crippen LogP contribution in [0.15, 0.2) is 58.2 Å². The first kappa shape index (κ1) is 18.4. The molecule has 0 radical (unpaired) electrons. The van der Waals surface area contributed by atoms with Crippen molar-refractivity contribution >= 4 is 39.1 Å². The number of nitrogens with zero attached hydrogens (tertiary/aromatic N) is 5. The predicted octanol–water partition coefficient (Wildman–Crippen LogP) is 4.29. The number of pyridine rings is 1. The Morgan fingerprint density at radius 2 is 2.10 bits per heavy atom. The summed E-state index contributed by atoms with van der Waals surface area (Å²) in [5.41, 5.74) is 1.78. The molecule has 0 spiro atoms. The second-order valence-corrected chi connectivity index (χ2v) is 8.82. The number of rotatable bonds is 6.